The molecule has 0 bridgehead atoms. The molecule has 3 amide bonds. The molecule has 7 nitrogen and oxygen atoms in total. The van der Waals surface area contributed by atoms with Crippen molar-refractivity contribution in [3.8, 4) is 11.5 Å². The molecule has 1 N–H and O–H groups in total. The lowest BCUT2D eigenvalue weighted by molar-refractivity contribution is -0.142. The van der Waals surface area contributed by atoms with Crippen LogP contribution in [0.2, 0.25) is 0 Å². The van der Waals surface area contributed by atoms with Crippen LogP contribution in [-0.4, -0.2) is 60.6 Å². The van der Waals surface area contributed by atoms with E-state index in [4.69, 9.17) is 9.47 Å². The summed E-state index contributed by atoms with van der Waals surface area (Å²) >= 11 is 0. The van der Waals surface area contributed by atoms with Gasteiger partial charge in [0.25, 0.3) is 5.91 Å². The number of piperazine rings is 1. The van der Waals surface area contributed by atoms with Crippen molar-refractivity contribution in [3.63, 3.8) is 0 Å². The van der Waals surface area contributed by atoms with Gasteiger partial charge in [0.2, 0.25) is 6.10 Å². The maximum absolute atomic E-state index is 12.7. The van der Waals surface area contributed by atoms with Crippen LogP contribution < -0.4 is 14.8 Å². The Morgan fingerprint density at radius 1 is 0.852 bits per heavy atom. The number of urea groups is 1. The van der Waals surface area contributed by atoms with Crippen molar-refractivity contribution in [1.82, 2.24) is 9.80 Å². The summed E-state index contributed by atoms with van der Waals surface area (Å²) in [5.74, 6) is 1.14. The topological polar surface area (TPSA) is 71.1 Å². The van der Waals surface area contributed by atoms with E-state index >= 15 is 0 Å². The van der Waals surface area contributed by atoms with Gasteiger partial charge in [0.15, 0.2) is 11.5 Å². The number of carbonyl (C=O) groups is 2. The number of benzene rings is 2. The Kier molecular flexibility index (Phi) is 4.82. The number of nitrogens with zero attached hydrogens (tertiary/aromatic N) is 2. The number of hydrogen-bond donors (Lipinski definition) is 1. The highest BCUT2D eigenvalue weighted by atomic mass is 16.6. The second-order valence-electron chi connectivity index (χ2n) is 6.47. The lowest BCUT2D eigenvalue weighted by atomic mass is 10.2. The van der Waals surface area contributed by atoms with Gasteiger partial charge in [-0.25, -0.2) is 4.79 Å². The van der Waals surface area contributed by atoms with Gasteiger partial charge in [0.1, 0.15) is 6.61 Å². The number of ether oxygens (including phenoxy) is 2. The monoisotopic (exact) mass is 367 g/mol. The Balaban J connectivity index is 1.30. The van der Waals surface area contributed by atoms with Crippen LogP contribution in [0.1, 0.15) is 0 Å². The van der Waals surface area contributed by atoms with Gasteiger partial charge >= 0.3 is 6.03 Å². The summed E-state index contributed by atoms with van der Waals surface area (Å²) in [6, 6.07) is 16.5. The first-order chi connectivity index (χ1) is 13.2. The van der Waals surface area contributed by atoms with Crippen molar-refractivity contribution in [2.24, 2.45) is 0 Å². The smallest absolute Gasteiger partial charge is 0.321 e. The van der Waals surface area contributed by atoms with Crippen LogP contribution in [0.15, 0.2) is 54.6 Å². The summed E-state index contributed by atoms with van der Waals surface area (Å²) in [6.07, 6.45) is -0.649. The first-order valence-corrected chi connectivity index (χ1v) is 8.99. The minimum Gasteiger partial charge on any atom is -0.485 e. The van der Waals surface area contributed by atoms with Gasteiger partial charge in [-0.15, -0.1) is 0 Å². The van der Waals surface area contributed by atoms with E-state index in [0.717, 1.165) is 5.69 Å². The molecule has 0 radical (unpaired) electrons. The van der Waals surface area contributed by atoms with Gasteiger partial charge < -0.3 is 24.6 Å². The summed E-state index contributed by atoms with van der Waals surface area (Å²) in [5.41, 5.74) is 0.757. The highest BCUT2D eigenvalue weighted by molar-refractivity contribution is 5.89. The fourth-order valence-corrected chi connectivity index (χ4v) is 3.20. The molecule has 7 heteroatoms. The Bertz CT molecular complexity index is 819. The van der Waals surface area contributed by atoms with Gasteiger partial charge in [0.05, 0.1) is 0 Å². The van der Waals surface area contributed by atoms with E-state index in [9.17, 15) is 9.59 Å². The quantitative estimate of drug-likeness (QED) is 0.883. The van der Waals surface area contributed by atoms with Gasteiger partial charge in [-0.3, -0.25) is 4.79 Å². The van der Waals surface area contributed by atoms with E-state index in [1.54, 1.807) is 15.9 Å². The average molecular weight is 367 g/mol. The van der Waals surface area contributed by atoms with Crippen molar-refractivity contribution in [2.75, 3.05) is 38.1 Å². The maximum atomic E-state index is 12.7. The third-order valence-electron chi connectivity index (χ3n) is 4.69. The predicted molar refractivity (Wildman–Crippen MR) is 100.0 cm³/mol. The van der Waals surface area contributed by atoms with Crippen molar-refractivity contribution in [1.29, 1.82) is 0 Å². The van der Waals surface area contributed by atoms with Gasteiger partial charge in [0, 0.05) is 31.9 Å². The van der Waals surface area contributed by atoms with Crippen molar-refractivity contribution >= 4 is 17.6 Å². The number of amides is 3. The number of para-hydroxylation sites is 3. The highest BCUT2D eigenvalue weighted by Gasteiger charge is 2.33. The number of fused-ring (bicyclic) bond motifs is 1. The fraction of sp³-hybridized carbons (Fsp3) is 0.300. The zero-order valence-corrected chi connectivity index (χ0v) is 14.8. The molecule has 2 heterocycles. The Labute approximate surface area is 157 Å². The minimum atomic E-state index is -0.649. The van der Waals surface area contributed by atoms with Crippen LogP contribution in [-0.2, 0) is 4.79 Å². The van der Waals surface area contributed by atoms with Crippen LogP contribution in [0.5, 0.6) is 11.5 Å². The van der Waals surface area contributed by atoms with Gasteiger partial charge in [-0.2, -0.15) is 0 Å². The molecular weight excluding hydrogens is 346 g/mol. The van der Waals surface area contributed by atoms with Crippen molar-refractivity contribution in [3.05, 3.63) is 54.6 Å². The molecule has 1 atom stereocenters. The van der Waals surface area contributed by atoms with Crippen LogP contribution in [0, 0.1) is 0 Å². The fourth-order valence-electron chi connectivity index (χ4n) is 3.20. The standard InChI is InChI=1S/C20H21N3O4/c24-19(18-14-26-16-8-4-5-9-17(16)27-18)22-10-12-23(13-11-22)20(25)21-15-6-2-1-3-7-15/h1-9,18H,10-14H2,(H,21,25)/t18-/m1/s1. The number of carbonyl (C=O) groups excluding carboxylic acids is 2. The Morgan fingerprint density at radius 2 is 1.48 bits per heavy atom. The average Bonchev–Trinajstić information content (AvgIpc) is 2.73. The molecule has 1 saturated heterocycles. The maximum Gasteiger partial charge on any atom is 0.321 e. The summed E-state index contributed by atoms with van der Waals surface area (Å²) in [4.78, 5) is 28.5. The normalized spacial score (nSPS) is 18.7. The molecule has 2 aliphatic rings. The second-order valence-corrected chi connectivity index (χ2v) is 6.47. The minimum absolute atomic E-state index is 0.104. The molecule has 1 fully saturated rings. The zero-order chi connectivity index (χ0) is 18.6. The third kappa shape index (κ3) is 3.81. The third-order valence-corrected chi connectivity index (χ3v) is 4.69. The number of anilines is 1. The second kappa shape index (κ2) is 7.57. The molecule has 0 aliphatic carbocycles. The summed E-state index contributed by atoms with van der Waals surface area (Å²) in [5, 5.41) is 2.87. The largest absolute Gasteiger partial charge is 0.485 e. The molecule has 0 unspecified atom stereocenters. The molecule has 2 aromatic carbocycles. The predicted octanol–water partition coefficient (Wildman–Crippen LogP) is 2.20. The van der Waals surface area contributed by atoms with Crippen LogP contribution >= 0.6 is 0 Å². The van der Waals surface area contributed by atoms with E-state index in [1.165, 1.54) is 0 Å². The molecule has 0 spiro atoms. The lowest BCUT2D eigenvalue weighted by Gasteiger charge is -2.37. The molecule has 4 rings (SSSR count). The van der Waals surface area contributed by atoms with E-state index in [1.807, 2.05) is 48.5 Å². The molecule has 0 saturated carbocycles. The van der Waals surface area contributed by atoms with E-state index in [2.05, 4.69) is 5.32 Å². The molecule has 2 aromatic rings. The van der Waals surface area contributed by atoms with Crippen molar-refractivity contribution in [2.45, 2.75) is 6.10 Å². The number of nitrogens with one attached hydrogen (secondary N) is 1. The first kappa shape index (κ1) is 17.2. The first-order valence-electron chi connectivity index (χ1n) is 8.99. The lowest BCUT2D eigenvalue weighted by Crippen LogP contribution is -2.55. The van der Waals surface area contributed by atoms with Gasteiger partial charge in [-0.05, 0) is 24.3 Å². The van der Waals surface area contributed by atoms with Crippen LogP contribution in [0.4, 0.5) is 10.5 Å². The van der Waals surface area contributed by atoms with Gasteiger partial charge in [-0.1, -0.05) is 30.3 Å². The number of rotatable bonds is 2. The molecule has 27 heavy (non-hydrogen) atoms. The molecule has 140 valence electrons. The molecular formula is C20H21N3O4. The molecule has 0 aromatic heterocycles. The Hall–Kier alpha value is -3.22. The van der Waals surface area contributed by atoms with E-state index < -0.39 is 6.10 Å². The van der Waals surface area contributed by atoms with E-state index in [0.29, 0.717) is 37.7 Å². The highest BCUT2D eigenvalue weighted by Crippen LogP contribution is 2.31. The summed E-state index contributed by atoms with van der Waals surface area (Å²) < 4.78 is 11.4. The summed E-state index contributed by atoms with van der Waals surface area (Å²) in [6.45, 7) is 2.11. The van der Waals surface area contributed by atoms with Crippen LogP contribution in [0.3, 0.4) is 0 Å². The summed E-state index contributed by atoms with van der Waals surface area (Å²) in [7, 11) is 0. The van der Waals surface area contributed by atoms with Crippen molar-refractivity contribution < 1.29 is 19.1 Å². The van der Waals surface area contributed by atoms with Crippen LogP contribution in [0.25, 0.3) is 0 Å². The zero-order valence-electron chi connectivity index (χ0n) is 14.8. The number of hydrogen-bond acceptors (Lipinski definition) is 4. The SMILES string of the molecule is O=C(Nc1ccccc1)N1CCN(C(=O)[C@H]2COc3ccccc3O2)CC1. The Morgan fingerprint density at radius 3 is 2.22 bits per heavy atom. The van der Waals surface area contributed by atoms with E-state index in [-0.39, 0.29) is 18.5 Å². The molecule has 2 aliphatic heterocycles.